The first kappa shape index (κ1) is 108. The molecule has 0 saturated carbocycles. The van der Waals surface area contributed by atoms with Crippen LogP contribution < -0.4 is 104 Å². The number of unbranched alkanes of at least 4 members (excludes halogenated alkanes) is 2. The number of ether oxygens (including phenoxy) is 2. The molecule has 0 aliphatic carbocycles. The van der Waals surface area contributed by atoms with Crippen molar-refractivity contribution in [3.8, 4) is 0 Å². The number of carboxylic acids is 3. The van der Waals surface area contributed by atoms with Crippen LogP contribution in [-0.2, 0) is 94.6 Å². The van der Waals surface area contributed by atoms with E-state index in [1.165, 1.54) is 69.3 Å². The van der Waals surface area contributed by atoms with E-state index in [0.29, 0.717) is 6.42 Å². The van der Waals surface area contributed by atoms with Gasteiger partial charge in [-0.25, -0.2) is 14.4 Å². The molecule has 0 radical (unpaired) electrons. The van der Waals surface area contributed by atoms with Gasteiger partial charge in [-0.15, -0.1) is 0 Å². The molecule has 2 aromatic rings. The normalized spacial score (nSPS) is 13.8. The lowest BCUT2D eigenvalue weighted by atomic mass is 10.0. The largest absolute Gasteiger partial charge is 0.481 e. The summed E-state index contributed by atoms with van der Waals surface area (Å²) in [5.74, 6) is -20.0. The fourth-order valence-corrected chi connectivity index (χ4v) is 12.0. The van der Waals surface area contributed by atoms with Gasteiger partial charge in [-0.3, -0.25) is 97.3 Å². The van der Waals surface area contributed by atoms with E-state index in [9.17, 15) is 117 Å². The number of alkyl carbamates (subject to hydrolysis) is 2. The van der Waals surface area contributed by atoms with Gasteiger partial charge < -0.3 is 128 Å². The first-order valence-electron chi connectivity index (χ1n) is 40.6. The van der Waals surface area contributed by atoms with Crippen molar-refractivity contribution < 1.29 is 116 Å². The minimum absolute atomic E-state index is 0.00205. The average molecular weight is 1780 g/mol. The molecule has 0 aromatic heterocycles. The van der Waals surface area contributed by atoms with Crippen molar-refractivity contribution in [2.45, 2.75) is 250 Å². The minimum atomic E-state index is -1.95. The Bertz CT molecular complexity index is 4140. The van der Waals surface area contributed by atoms with E-state index in [-0.39, 0.29) is 137 Å². The van der Waals surface area contributed by atoms with Crippen LogP contribution in [0.4, 0.5) is 21.0 Å². The van der Waals surface area contributed by atoms with Crippen molar-refractivity contribution in [1.29, 1.82) is 0 Å². The van der Waals surface area contributed by atoms with Crippen molar-refractivity contribution in [2.24, 2.45) is 62.1 Å². The molecule has 700 valence electrons. The molecule has 0 bridgehead atoms. The lowest BCUT2D eigenvalue weighted by molar-refractivity contribution is -0.386. The number of aliphatic carboxylic acids is 3. The Morgan fingerprint density at radius 2 is 0.754 bits per heavy atom. The molecule has 14 amide bonds. The molecule has 0 unspecified atom stereocenters. The quantitative estimate of drug-likeness (QED) is 0.0105. The number of carbonyl (C=O) groups is 17. The molecular formula is C77H121N23O26. The highest BCUT2D eigenvalue weighted by atomic mass is 16.6. The maximum Gasteiger partial charge on any atom is 0.408 e. The predicted molar refractivity (Wildman–Crippen MR) is 450 cm³/mol. The highest BCUT2D eigenvalue weighted by Gasteiger charge is 2.39. The van der Waals surface area contributed by atoms with Gasteiger partial charge in [0, 0.05) is 44.6 Å². The molecule has 0 heterocycles. The predicted octanol–water partition coefficient (Wildman–Crippen LogP) is -2.76. The van der Waals surface area contributed by atoms with Crippen LogP contribution in [-0.4, -0.2) is 237 Å². The molecule has 12 atom stereocenters. The van der Waals surface area contributed by atoms with Crippen LogP contribution in [0.25, 0.3) is 0 Å². The van der Waals surface area contributed by atoms with Gasteiger partial charge >= 0.3 is 30.1 Å². The third-order valence-corrected chi connectivity index (χ3v) is 18.6. The molecule has 0 saturated heterocycles. The molecule has 49 nitrogen and oxygen atoms in total. The number of carbonyl (C=O) groups excluding carboxylic acids is 14. The third-order valence-electron chi connectivity index (χ3n) is 18.6. The summed E-state index contributed by atoms with van der Waals surface area (Å²) in [7, 11) is 0. The van der Waals surface area contributed by atoms with Gasteiger partial charge in [0.15, 0.2) is 11.9 Å². The van der Waals surface area contributed by atoms with Gasteiger partial charge in [-0.05, 0) is 140 Å². The van der Waals surface area contributed by atoms with Gasteiger partial charge in [-0.1, -0.05) is 65.8 Å². The van der Waals surface area contributed by atoms with Gasteiger partial charge in [0.25, 0.3) is 11.4 Å². The zero-order valence-electron chi connectivity index (χ0n) is 71.5. The molecular weight excluding hydrogens is 1660 g/mol. The van der Waals surface area contributed by atoms with E-state index in [1.807, 2.05) is 0 Å². The number of nitrogens with two attached hydrogens (primary N) is 6. The molecule has 0 fully saturated rings. The van der Waals surface area contributed by atoms with E-state index in [2.05, 4.69) is 79.1 Å². The van der Waals surface area contributed by atoms with Crippen LogP contribution >= 0.6 is 0 Å². The summed E-state index contributed by atoms with van der Waals surface area (Å²) in [6, 6.07) is -8.74. The molecule has 0 aliphatic rings. The van der Waals surface area contributed by atoms with Crippen molar-refractivity contribution in [3.63, 3.8) is 0 Å². The van der Waals surface area contributed by atoms with E-state index < -0.39 is 240 Å². The molecule has 2 rings (SSSR count). The summed E-state index contributed by atoms with van der Waals surface area (Å²) in [6.45, 7) is 10.6. The van der Waals surface area contributed by atoms with Crippen LogP contribution in [0.5, 0.6) is 0 Å². The number of primary amides is 1. The van der Waals surface area contributed by atoms with Crippen molar-refractivity contribution in [2.75, 3.05) is 26.2 Å². The summed E-state index contributed by atoms with van der Waals surface area (Å²) in [5.41, 5.74) is 33.0. The van der Waals surface area contributed by atoms with E-state index in [0.717, 1.165) is 6.92 Å². The molecule has 126 heavy (non-hydrogen) atoms. The summed E-state index contributed by atoms with van der Waals surface area (Å²) < 4.78 is 10.4. The SMILES string of the molecule is CC(C)C[C@H](NC(=O)[C@H](C)NC(=O)[C@H](CC(=O)O)NC(=O)[C@@H](NC(=O)[C@H](CCC(=O)O)NC(=O)[C@H](CCC(N)=O)NC(=O)[C@H](CCCN=C(N)N)NC(=O)[C@H](CCCN=C(N)N)NC(=O)[C@H](CC(C)C)NC(=O)[C@H](C)NC(=O)[C@H](CCCCNC(=O)OCc1ccccc1[N+](=O)[O-])NC(=O)[C@H](CCCCN)NC(=O)OCc1ccccc1[N+](=O)[O-])C(C)C)C(=O)O. The summed E-state index contributed by atoms with van der Waals surface area (Å²) in [5, 5.41) is 83.8. The Morgan fingerprint density at radius 1 is 0.397 bits per heavy atom. The Kier molecular flexibility index (Phi) is 49.0. The van der Waals surface area contributed by atoms with Crippen molar-refractivity contribution in [1.82, 2.24) is 69.1 Å². The van der Waals surface area contributed by atoms with E-state index in [4.69, 9.17) is 43.9 Å². The van der Waals surface area contributed by atoms with E-state index in [1.54, 1.807) is 27.7 Å². The number of benzene rings is 2. The number of amides is 14. The zero-order valence-corrected chi connectivity index (χ0v) is 71.5. The number of rotatable bonds is 60. The molecule has 49 heteroatoms. The van der Waals surface area contributed by atoms with Gasteiger partial charge in [0.1, 0.15) is 85.7 Å². The number of nitro benzene ring substituents is 2. The average Bonchev–Trinajstić information content (AvgIpc) is 0.853. The number of aliphatic imine (C=N–C) groups is 2. The standard InChI is InChI=1S/C77H121N23O26/c1-40(2)35-53(94-62(106)43(7)87-64(108)47(22-14-16-32-86-76(119)125-38-45-19-9-11-25-56(45)99(121)122)89-67(111)50(21-13-15-31-78)97-77(120)126-39-46-20-10-12-26-57(46)100(123)124)71(115)91-49(24-18-34-85-75(82)83)65(109)90-48(23-17-33-84-74(80)81)66(110)92-51(27-29-58(79)101)68(112)93-52(28-30-59(102)103)69(113)98-61(42(5)6)72(116)95-54(37-60(104)105)70(114)88-44(8)63(107)96-55(73(117)118)36-41(3)4/h9-12,19-20,25-26,40-44,47-55,61H,13-18,21-24,27-39,78H2,1-8H3,(H2,79,101)(H,86,119)(H,87,108)(H,88,114)(H,89,111)(H,90,109)(H,91,115)(H,92,110)(H,93,112)(H,94,106)(H,95,116)(H,96,107)(H,97,120)(H,98,113)(H,102,103)(H,104,105)(H,117,118)(H4,80,81,84)(H4,82,83,85)/t43-,44-,47-,48-,49-,50-,51-,52-,53-,54-,55-,61-/m0/s1. The van der Waals surface area contributed by atoms with Crippen LogP contribution in [0, 0.1) is 38.0 Å². The molecule has 0 spiro atoms. The fourth-order valence-electron chi connectivity index (χ4n) is 12.0. The van der Waals surface area contributed by atoms with E-state index >= 15 is 0 Å². The second kappa shape index (κ2) is 56.9. The van der Waals surface area contributed by atoms with Crippen molar-refractivity contribution >= 4 is 124 Å². The fraction of sp³-hybridized carbons (Fsp3) is 0.597. The third kappa shape index (κ3) is 42.9. The number of nitro groups is 2. The second-order valence-electron chi connectivity index (χ2n) is 30.5. The zero-order chi connectivity index (χ0) is 95.0. The Balaban J connectivity index is 2.61. The smallest absolute Gasteiger partial charge is 0.408 e. The number of para-hydroxylation sites is 2. The van der Waals surface area contributed by atoms with Crippen LogP contribution in [0.1, 0.15) is 176 Å². The highest BCUT2D eigenvalue weighted by Crippen LogP contribution is 2.21. The lowest BCUT2D eigenvalue weighted by Gasteiger charge is -2.29. The van der Waals surface area contributed by atoms with Crippen LogP contribution in [0.3, 0.4) is 0 Å². The Labute approximate surface area is 725 Å². The number of hydrogen-bond acceptors (Lipinski definition) is 26. The number of carboxylic acid groups (broad SMARTS) is 3. The number of hydrogen-bond donors (Lipinski definition) is 22. The number of nitrogens with zero attached hydrogens (tertiary/aromatic N) is 4. The number of nitrogens with one attached hydrogen (secondary N) is 13. The Hall–Kier alpha value is -13.7. The summed E-state index contributed by atoms with van der Waals surface area (Å²) >= 11 is 0. The van der Waals surface area contributed by atoms with Crippen LogP contribution in [0.2, 0.25) is 0 Å². The van der Waals surface area contributed by atoms with Gasteiger partial charge in [0.05, 0.1) is 27.4 Å². The monoisotopic (exact) mass is 1780 g/mol. The molecule has 28 N–H and O–H groups in total. The topological polar surface area (TPSA) is 793 Å². The van der Waals surface area contributed by atoms with Crippen molar-refractivity contribution in [3.05, 3.63) is 79.9 Å². The summed E-state index contributed by atoms with van der Waals surface area (Å²) in [6.07, 6.45) is -6.57. The first-order chi connectivity index (χ1) is 59.2. The maximum atomic E-state index is 14.8. The van der Waals surface area contributed by atoms with Crippen LogP contribution in [0.15, 0.2) is 58.5 Å². The second-order valence-corrected chi connectivity index (χ2v) is 30.5. The number of guanidine groups is 2. The summed E-state index contributed by atoms with van der Waals surface area (Å²) in [4.78, 5) is 261. The maximum absolute atomic E-state index is 14.8. The molecule has 2 aromatic carbocycles. The molecule has 0 aliphatic heterocycles. The first-order valence-corrected chi connectivity index (χ1v) is 40.6. The Morgan fingerprint density at radius 3 is 1.16 bits per heavy atom. The van der Waals surface area contributed by atoms with Gasteiger partial charge in [-0.2, -0.15) is 0 Å². The lowest BCUT2D eigenvalue weighted by Crippen LogP contribution is -2.61. The highest BCUT2D eigenvalue weighted by molar-refractivity contribution is 6.00. The minimum Gasteiger partial charge on any atom is -0.481 e. The van der Waals surface area contributed by atoms with Gasteiger partial charge in [0.2, 0.25) is 70.9 Å².